The summed E-state index contributed by atoms with van der Waals surface area (Å²) in [7, 11) is 0. The average molecular weight is 448 g/mol. The Kier molecular flexibility index (Phi) is 5.60. The Morgan fingerprint density at radius 2 is 2.00 bits per heavy atom. The van der Waals surface area contributed by atoms with Gasteiger partial charge in [-0.05, 0) is 54.8 Å². The molecule has 0 bridgehead atoms. The van der Waals surface area contributed by atoms with Crippen molar-refractivity contribution in [2.75, 3.05) is 23.3 Å². The molecule has 9 heteroatoms. The minimum atomic E-state index is -0.261. The number of aromatic nitrogens is 4. The second-order valence-corrected chi connectivity index (χ2v) is 8.10. The molecule has 1 fully saturated rings. The smallest absolute Gasteiger partial charge is 0.270 e. The molecule has 5 rings (SSSR count). The van der Waals surface area contributed by atoms with Gasteiger partial charge in [-0.3, -0.25) is 4.79 Å². The lowest BCUT2D eigenvalue weighted by Crippen LogP contribution is -2.23. The molecule has 1 amide bonds. The van der Waals surface area contributed by atoms with E-state index in [1.165, 1.54) is 31.1 Å². The van der Waals surface area contributed by atoms with Crippen LogP contribution in [-0.4, -0.2) is 38.9 Å². The zero-order valence-corrected chi connectivity index (χ0v) is 18.1. The van der Waals surface area contributed by atoms with Gasteiger partial charge in [-0.1, -0.05) is 17.7 Å². The second-order valence-electron chi connectivity index (χ2n) is 7.70. The molecule has 32 heavy (non-hydrogen) atoms. The van der Waals surface area contributed by atoms with Crippen molar-refractivity contribution in [3.05, 3.63) is 71.3 Å². The van der Waals surface area contributed by atoms with E-state index < -0.39 is 0 Å². The summed E-state index contributed by atoms with van der Waals surface area (Å²) in [5, 5.41) is 6.68. The predicted molar refractivity (Wildman–Crippen MR) is 125 cm³/mol. The molecule has 3 N–H and O–H groups in total. The number of hydrogen-bond acceptors (Lipinski definition) is 6. The van der Waals surface area contributed by atoms with Crippen LogP contribution in [0.15, 0.2) is 55.0 Å². The number of benzene rings is 2. The first-order valence-electron chi connectivity index (χ1n) is 10.5. The Labute approximate surface area is 190 Å². The summed E-state index contributed by atoms with van der Waals surface area (Å²) < 4.78 is 0. The van der Waals surface area contributed by atoms with E-state index >= 15 is 0 Å². The SMILES string of the molecule is O=C(NCc1ccc(Cl)c(Nc2nc3ccc(N4CCCC4)cc3[nH]2)c1)c1ccncn1. The number of hydrogen-bond donors (Lipinski definition) is 3. The lowest BCUT2D eigenvalue weighted by molar-refractivity contribution is 0.0945. The molecule has 0 unspecified atom stereocenters. The zero-order chi connectivity index (χ0) is 21.9. The molecule has 0 aliphatic carbocycles. The van der Waals surface area contributed by atoms with Gasteiger partial charge in [0.2, 0.25) is 5.95 Å². The number of carbonyl (C=O) groups is 1. The number of imidazole rings is 1. The summed E-state index contributed by atoms with van der Waals surface area (Å²) in [5.41, 5.74) is 5.00. The Morgan fingerprint density at radius 3 is 2.81 bits per heavy atom. The van der Waals surface area contributed by atoms with Gasteiger partial charge in [-0.25, -0.2) is 15.0 Å². The molecular formula is C23H22ClN7O. The third-order valence-electron chi connectivity index (χ3n) is 5.49. The summed E-state index contributed by atoms with van der Waals surface area (Å²) in [4.78, 5) is 30.4. The highest BCUT2D eigenvalue weighted by atomic mass is 35.5. The second kappa shape index (κ2) is 8.84. The number of nitrogens with zero attached hydrogens (tertiary/aromatic N) is 4. The number of rotatable bonds is 6. The van der Waals surface area contributed by atoms with Gasteiger partial charge in [-0.15, -0.1) is 0 Å². The predicted octanol–water partition coefficient (Wildman–Crippen LogP) is 4.28. The molecule has 2 aromatic carbocycles. The summed E-state index contributed by atoms with van der Waals surface area (Å²) in [6.07, 6.45) is 5.36. The summed E-state index contributed by atoms with van der Waals surface area (Å²) in [6, 6.07) is 13.4. The topological polar surface area (TPSA) is 98.8 Å². The molecule has 1 saturated heterocycles. The molecule has 8 nitrogen and oxygen atoms in total. The number of halogens is 1. The van der Waals surface area contributed by atoms with Crippen molar-refractivity contribution in [1.29, 1.82) is 0 Å². The van der Waals surface area contributed by atoms with Gasteiger partial charge in [0, 0.05) is 31.5 Å². The van der Waals surface area contributed by atoms with Crippen LogP contribution in [0.3, 0.4) is 0 Å². The molecule has 0 spiro atoms. The fourth-order valence-corrected chi connectivity index (χ4v) is 4.00. The average Bonchev–Trinajstić information content (AvgIpc) is 3.49. The summed E-state index contributed by atoms with van der Waals surface area (Å²) in [6.45, 7) is 2.54. The van der Waals surface area contributed by atoms with Crippen molar-refractivity contribution >= 4 is 45.9 Å². The quantitative estimate of drug-likeness (QED) is 0.408. The van der Waals surface area contributed by atoms with E-state index in [0.717, 1.165) is 29.7 Å². The van der Waals surface area contributed by atoms with Gasteiger partial charge in [0.15, 0.2) is 0 Å². The fraction of sp³-hybridized carbons (Fsp3) is 0.217. The van der Waals surface area contributed by atoms with Crippen molar-refractivity contribution in [2.24, 2.45) is 0 Å². The van der Waals surface area contributed by atoms with Gasteiger partial charge in [-0.2, -0.15) is 0 Å². The molecule has 0 saturated carbocycles. The van der Waals surface area contributed by atoms with Gasteiger partial charge in [0.05, 0.1) is 21.7 Å². The maximum atomic E-state index is 12.2. The van der Waals surface area contributed by atoms with Crippen LogP contribution in [0.5, 0.6) is 0 Å². The Bertz CT molecular complexity index is 1250. The van der Waals surface area contributed by atoms with Crippen LogP contribution in [0.25, 0.3) is 11.0 Å². The van der Waals surface area contributed by atoms with Crippen LogP contribution < -0.4 is 15.5 Å². The lowest BCUT2D eigenvalue weighted by Gasteiger charge is -2.17. The Morgan fingerprint density at radius 1 is 1.12 bits per heavy atom. The van der Waals surface area contributed by atoms with E-state index in [-0.39, 0.29) is 5.91 Å². The van der Waals surface area contributed by atoms with Gasteiger partial charge in [0.1, 0.15) is 12.0 Å². The molecule has 4 aromatic rings. The van der Waals surface area contributed by atoms with E-state index in [2.05, 4.69) is 47.6 Å². The molecule has 3 heterocycles. The fourth-order valence-electron chi connectivity index (χ4n) is 3.83. The highest BCUT2D eigenvalue weighted by molar-refractivity contribution is 6.33. The lowest BCUT2D eigenvalue weighted by atomic mass is 10.2. The van der Waals surface area contributed by atoms with E-state index in [0.29, 0.717) is 28.9 Å². The standard InChI is InChI=1S/C23H22ClN7O/c24-17-5-3-15(13-26-22(32)19-7-8-25-14-27-19)11-20(17)29-23-28-18-6-4-16(12-21(18)30-23)31-9-1-2-10-31/h3-8,11-12,14H,1-2,9-10,13H2,(H,26,32)(H2,28,29,30). The van der Waals surface area contributed by atoms with Crippen LogP contribution in [0.4, 0.5) is 17.3 Å². The number of aromatic amines is 1. The summed E-state index contributed by atoms with van der Waals surface area (Å²) >= 11 is 6.40. The monoisotopic (exact) mass is 447 g/mol. The van der Waals surface area contributed by atoms with Crippen LogP contribution in [0.2, 0.25) is 5.02 Å². The van der Waals surface area contributed by atoms with Gasteiger partial charge >= 0.3 is 0 Å². The first-order chi connectivity index (χ1) is 15.7. The van der Waals surface area contributed by atoms with E-state index in [9.17, 15) is 4.79 Å². The molecule has 2 aromatic heterocycles. The van der Waals surface area contributed by atoms with E-state index in [1.54, 1.807) is 12.1 Å². The highest BCUT2D eigenvalue weighted by Crippen LogP contribution is 2.28. The number of fused-ring (bicyclic) bond motifs is 1. The molecule has 162 valence electrons. The normalized spacial score (nSPS) is 13.5. The van der Waals surface area contributed by atoms with Gasteiger partial charge in [0.25, 0.3) is 5.91 Å². The summed E-state index contributed by atoms with van der Waals surface area (Å²) in [5.74, 6) is 0.352. The van der Waals surface area contributed by atoms with Crippen LogP contribution in [0, 0.1) is 0 Å². The van der Waals surface area contributed by atoms with Crippen LogP contribution in [0.1, 0.15) is 28.9 Å². The van der Waals surface area contributed by atoms with Crippen LogP contribution in [-0.2, 0) is 6.54 Å². The first kappa shape index (κ1) is 20.3. The number of carbonyl (C=O) groups excluding carboxylic acids is 1. The van der Waals surface area contributed by atoms with Crippen molar-refractivity contribution in [2.45, 2.75) is 19.4 Å². The number of nitrogens with one attached hydrogen (secondary N) is 3. The minimum Gasteiger partial charge on any atom is -0.371 e. The van der Waals surface area contributed by atoms with Crippen LogP contribution >= 0.6 is 11.6 Å². The van der Waals surface area contributed by atoms with E-state index in [1.807, 2.05) is 18.2 Å². The van der Waals surface area contributed by atoms with E-state index in [4.69, 9.17) is 11.6 Å². The largest absolute Gasteiger partial charge is 0.371 e. The number of amides is 1. The van der Waals surface area contributed by atoms with Gasteiger partial charge < -0.3 is 20.5 Å². The maximum absolute atomic E-state index is 12.2. The Hall–Kier alpha value is -3.65. The molecule has 1 aliphatic heterocycles. The Balaban J connectivity index is 1.30. The maximum Gasteiger partial charge on any atom is 0.270 e. The van der Waals surface area contributed by atoms with Crippen molar-refractivity contribution < 1.29 is 4.79 Å². The van der Waals surface area contributed by atoms with Crippen molar-refractivity contribution in [1.82, 2.24) is 25.3 Å². The van der Waals surface area contributed by atoms with Crippen molar-refractivity contribution in [3.63, 3.8) is 0 Å². The molecule has 1 aliphatic rings. The first-order valence-corrected chi connectivity index (χ1v) is 10.9. The third-order valence-corrected chi connectivity index (χ3v) is 5.82. The molecule has 0 atom stereocenters. The number of H-pyrrole nitrogens is 1. The highest BCUT2D eigenvalue weighted by Gasteiger charge is 2.14. The zero-order valence-electron chi connectivity index (χ0n) is 17.3. The molecular weight excluding hydrogens is 426 g/mol. The third kappa shape index (κ3) is 4.36. The van der Waals surface area contributed by atoms with Crippen molar-refractivity contribution in [3.8, 4) is 0 Å². The number of anilines is 3. The minimum absolute atomic E-state index is 0.261. The molecule has 0 radical (unpaired) electrons.